The maximum Gasteiger partial charge on any atom is 0.249 e. The van der Waals surface area contributed by atoms with Crippen LogP contribution in [-0.2, 0) is 11.2 Å². The average molecular weight is 528 g/mol. The highest BCUT2D eigenvalue weighted by Crippen LogP contribution is 2.35. The van der Waals surface area contributed by atoms with Gasteiger partial charge in [-0.2, -0.15) is 0 Å². The highest BCUT2D eigenvalue weighted by molar-refractivity contribution is 5.99. The van der Waals surface area contributed by atoms with Crippen molar-refractivity contribution in [2.24, 2.45) is 5.73 Å². The third-order valence-electron chi connectivity index (χ3n) is 6.77. The second kappa shape index (κ2) is 11.5. The average Bonchev–Trinajstić information content (AvgIpc) is 3.66. The van der Waals surface area contributed by atoms with Gasteiger partial charge in [-0.25, -0.2) is 9.37 Å². The van der Waals surface area contributed by atoms with Gasteiger partial charge in [-0.3, -0.25) is 4.79 Å². The summed E-state index contributed by atoms with van der Waals surface area (Å²) in [5.74, 6) is -0.412. The number of imidazole rings is 1. The number of aromatic nitrogens is 2. The summed E-state index contributed by atoms with van der Waals surface area (Å²) in [5.41, 5.74) is 9.87. The molecule has 0 saturated carbocycles. The second-order valence-electron chi connectivity index (χ2n) is 9.39. The molecule has 4 aromatic rings. The Labute approximate surface area is 225 Å². The fraction of sp³-hybridized carbons (Fsp3) is 0.233. The molecule has 5 N–H and O–H groups in total. The molecule has 39 heavy (non-hydrogen) atoms. The van der Waals surface area contributed by atoms with Crippen molar-refractivity contribution in [1.82, 2.24) is 9.97 Å². The number of nitrogens with one attached hydrogen (secondary N) is 3. The molecule has 1 fully saturated rings. The number of hydrogen-bond acceptors (Lipinski definition) is 6. The van der Waals surface area contributed by atoms with E-state index in [9.17, 15) is 4.79 Å². The van der Waals surface area contributed by atoms with Crippen molar-refractivity contribution in [1.29, 1.82) is 5.41 Å². The summed E-state index contributed by atoms with van der Waals surface area (Å²) in [6, 6.07) is 17.1. The molecule has 200 valence electrons. The number of H-pyrrole nitrogens is 1. The van der Waals surface area contributed by atoms with Crippen LogP contribution >= 0.6 is 0 Å². The quantitative estimate of drug-likeness (QED) is 0.210. The van der Waals surface area contributed by atoms with E-state index in [2.05, 4.69) is 15.3 Å². The number of halogens is 1. The number of nitrogens with two attached hydrogens (primary N) is 1. The highest BCUT2D eigenvalue weighted by Gasteiger charge is 2.27. The van der Waals surface area contributed by atoms with Crippen molar-refractivity contribution < 1.29 is 18.7 Å². The first-order chi connectivity index (χ1) is 19.0. The summed E-state index contributed by atoms with van der Waals surface area (Å²) < 4.78 is 27.6. The number of ether oxygens (including phenoxy) is 2. The lowest BCUT2D eigenvalue weighted by Crippen LogP contribution is -2.20. The number of carbonyl (C=O) groups is 1. The van der Waals surface area contributed by atoms with Crippen LogP contribution < -0.4 is 15.8 Å². The fourth-order valence-electron chi connectivity index (χ4n) is 4.65. The van der Waals surface area contributed by atoms with Crippen LogP contribution in [0, 0.1) is 11.2 Å². The number of aryl methyl sites for hydroxylation is 1. The van der Waals surface area contributed by atoms with Gasteiger partial charge in [0.05, 0.1) is 25.1 Å². The minimum atomic E-state index is -0.723. The fourth-order valence-corrected chi connectivity index (χ4v) is 4.65. The van der Waals surface area contributed by atoms with Crippen molar-refractivity contribution in [2.75, 3.05) is 18.5 Å². The van der Waals surface area contributed by atoms with Crippen molar-refractivity contribution in [3.05, 3.63) is 101 Å². The van der Waals surface area contributed by atoms with Crippen LogP contribution in [0.1, 0.15) is 52.3 Å². The molecular weight excluding hydrogens is 497 g/mol. The number of aromatic amines is 1. The highest BCUT2D eigenvalue weighted by atomic mass is 19.1. The first-order valence-electron chi connectivity index (χ1n) is 12.8. The van der Waals surface area contributed by atoms with Gasteiger partial charge in [0.25, 0.3) is 0 Å². The van der Waals surface area contributed by atoms with E-state index in [4.69, 9.17) is 20.6 Å². The number of carbonyl (C=O) groups excluding carboxylic acids is 1. The molecule has 2 heterocycles. The van der Waals surface area contributed by atoms with Crippen molar-refractivity contribution in [3.8, 4) is 17.0 Å². The standard InChI is InChI=1S/C30H30FN5O3/c1-2-18-13-24(27(31)26(14-18)39-21-11-12-38-17-21)28(35-20-9-7-19(15-32)8-10-20)30-34-16-25(36-30)22-5-3-4-6-23(22)29(33)37/h3-10,13-16,21,28,32,35H,2,11-12,17H2,1H3,(H2,33,37)(H,34,36). The van der Waals surface area contributed by atoms with E-state index < -0.39 is 17.8 Å². The lowest BCUT2D eigenvalue weighted by Gasteiger charge is -2.22. The van der Waals surface area contributed by atoms with Gasteiger partial charge in [-0.15, -0.1) is 0 Å². The Morgan fingerprint density at radius 1 is 1.28 bits per heavy atom. The summed E-state index contributed by atoms with van der Waals surface area (Å²) in [7, 11) is 0. The molecule has 3 aromatic carbocycles. The maximum absolute atomic E-state index is 16.2. The third kappa shape index (κ3) is 5.68. The van der Waals surface area contributed by atoms with E-state index in [1.807, 2.05) is 31.2 Å². The van der Waals surface area contributed by atoms with E-state index in [1.54, 1.807) is 42.6 Å². The molecule has 0 radical (unpaired) electrons. The zero-order chi connectivity index (χ0) is 27.4. The van der Waals surface area contributed by atoms with Gasteiger partial charge in [0.1, 0.15) is 18.0 Å². The molecule has 2 unspecified atom stereocenters. The third-order valence-corrected chi connectivity index (χ3v) is 6.77. The Bertz CT molecular complexity index is 1480. The molecule has 5 rings (SSSR count). The van der Waals surface area contributed by atoms with Gasteiger partial charge in [-0.05, 0) is 41.8 Å². The molecule has 1 amide bonds. The number of primary amides is 1. The molecule has 1 saturated heterocycles. The molecule has 9 heteroatoms. The van der Waals surface area contributed by atoms with E-state index in [0.717, 1.165) is 11.1 Å². The van der Waals surface area contributed by atoms with Crippen LogP contribution in [0.4, 0.5) is 10.1 Å². The van der Waals surface area contributed by atoms with Crippen molar-refractivity contribution in [2.45, 2.75) is 31.9 Å². The monoisotopic (exact) mass is 527 g/mol. The zero-order valence-corrected chi connectivity index (χ0v) is 21.5. The second-order valence-corrected chi connectivity index (χ2v) is 9.39. The van der Waals surface area contributed by atoms with E-state index in [1.165, 1.54) is 6.21 Å². The summed E-state index contributed by atoms with van der Waals surface area (Å²) in [5, 5.41) is 10.9. The minimum Gasteiger partial charge on any atom is -0.485 e. The summed E-state index contributed by atoms with van der Waals surface area (Å²) in [6.45, 7) is 3.02. The van der Waals surface area contributed by atoms with Crippen molar-refractivity contribution in [3.63, 3.8) is 0 Å². The predicted octanol–water partition coefficient (Wildman–Crippen LogP) is 5.24. The normalized spacial score (nSPS) is 15.6. The molecule has 1 aliphatic rings. The molecule has 1 aromatic heterocycles. The molecule has 8 nitrogen and oxygen atoms in total. The number of benzene rings is 3. The molecule has 0 spiro atoms. The Morgan fingerprint density at radius 3 is 2.77 bits per heavy atom. The van der Waals surface area contributed by atoms with Crippen LogP contribution in [0.3, 0.4) is 0 Å². The largest absolute Gasteiger partial charge is 0.485 e. The topological polar surface area (TPSA) is 126 Å². The van der Waals surface area contributed by atoms with Gasteiger partial charge in [0, 0.05) is 35.0 Å². The Hall–Kier alpha value is -4.50. The molecule has 1 aliphatic heterocycles. The number of anilines is 1. The zero-order valence-electron chi connectivity index (χ0n) is 21.5. The number of hydrogen-bond donors (Lipinski definition) is 4. The van der Waals surface area contributed by atoms with Gasteiger partial charge >= 0.3 is 0 Å². The molecule has 2 atom stereocenters. The van der Waals surface area contributed by atoms with E-state index in [-0.39, 0.29) is 11.9 Å². The molecule has 0 aliphatic carbocycles. The molecular formula is C30H30FN5O3. The van der Waals surface area contributed by atoms with Gasteiger partial charge in [0.2, 0.25) is 5.91 Å². The minimum absolute atomic E-state index is 0.177. The first-order valence-corrected chi connectivity index (χ1v) is 12.8. The van der Waals surface area contributed by atoms with Crippen LogP contribution in [0.2, 0.25) is 0 Å². The van der Waals surface area contributed by atoms with Gasteiger partial charge in [-0.1, -0.05) is 43.3 Å². The van der Waals surface area contributed by atoms with E-state index in [0.29, 0.717) is 60.0 Å². The van der Waals surface area contributed by atoms with Gasteiger partial charge in [0.15, 0.2) is 11.6 Å². The van der Waals surface area contributed by atoms with Crippen LogP contribution in [-0.4, -0.2) is 41.4 Å². The SMILES string of the molecule is CCc1cc(OC2CCOC2)c(F)c(C(Nc2ccc(C=N)cc2)c2ncc(-c3ccccc3C(N)=O)[nH]2)c1. The smallest absolute Gasteiger partial charge is 0.249 e. The van der Waals surface area contributed by atoms with E-state index >= 15 is 4.39 Å². The summed E-state index contributed by atoms with van der Waals surface area (Å²) in [4.78, 5) is 19.9. The lowest BCUT2D eigenvalue weighted by atomic mass is 9.99. The van der Waals surface area contributed by atoms with Crippen LogP contribution in [0.15, 0.2) is 66.9 Å². The van der Waals surface area contributed by atoms with Crippen LogP contribution in [0.25, 0.3) is 11.3 Å². The lowest BCUT2D eigenvalue weighted by molar-refractivity contribution is 0.100. The Morgan fingerprint density at radius 2 is 2.08 bits per heavy atom. The first kappa shape index (κ1) is 26.1. The summed E-state index contributed by atoms with van der Waals surface area (Å²) >= 11 is 0. The number of rotatable bonds is 10. The number of amides is 1. The maximum atomic E-state index is 16.2. The Kier molecular flexibility index (Phi) is 7.69. The predicted molar refractivity (Wildman–Crippen MR) is 148 cm³/mol. The number of nitrogens with zero attached hydrogens (tertiary/aromatic N) is 1. The van der Waals surface area contributed by atoms with Crippen LogP contribution in [0.5, 0.6) is 5.75 Å². The summed E-state index contributed by atoms with van der Waals surface area (Å²) in [6.07, 6.45) is 4.05. The van der Waals surface area contributed by atoms with Gasteiger partial charge < -0.3 is 30.9 Å². The Balaban J connectivity index is 1.59. The molecule has 0 bridgehead atoms. The van der Waals surface area contributed by atoms with Crippen molar-refractivity contribution >= 4 is 17.8 Å².